The van der Waals surface area contributed by atoms with E-state index in [0.29, 0.717) is 11.5 Å². The number of pyridine rings is 1. The monoisotopic (exact) mass is 403 g/mol. The summed E-state index contributed by atoms with van der Waals surface area (Å²) in [4.78, 5) is 19.2. The maximum absolute atomic E-state index is 13.1. The average Bonchev–Trinajstić information content (AvgIpc) is 3.45. The van der Waals surface area contributed by atoms with Crippen LogP contribution in [-0.4, -0.2) is 43.6 Å². The summed E-state index contributed by atoms with van der Waals surface area (Å²) >= 11 is 0. The van der Waals surface area contributed by atoms with E-state index in [1.165, 1.54) is 12.1 Å². The molecule has 0 radical (unpaired) electrons. The maximum Gasteiger partial charge on any atom is 0.253 e. The quantitative estimate of drug-likeness (QED) is 0.557. The normalized spacial score (nSPS) is 15.0. The third-order valence-corrected chi connectivity index (χ3v) is 5.88. The van der Waals surface area contributed by atoms with Crippen molar-refractivity contribution in [2.45, 2.75) is 19.4 Å². The Labute approximate surface area is 173 Å². The number of carbonyl (C=O) groups excluding carboxylic acids is 1. The van der Waals surface area contributed by atoms with Crippen LogP contribution < -0.4 is 0 Å². The Kier molecular flexibility index (Phi) is 4.78. The summed E-state index contributed by atoms with van der Waals surface area (Å²) in [5.74, 6) is 0.149. The van der Waals surface area contributed by atoms with Crippen LogP contribution in [0.5, 0.6) is 0 Å². The van der Waals surface area contributed by atoms with E-state index in [1.54, 1.807) is 18.3 Å². The lowest BCUT2D eigenvalue weighted by Crippen LogP contribution is -2.39. The summed E-state index contributed by atoms with van der Waals surface area (Å²) in [6.45, 7) is 2.33. The minimum Gasteiger partial charge on any atom is -0.339 e. The van der Waals surface area contributed by atoms with Crippen LogP contribution in [0.4, 0.5) is 4.39 Å². The number of H-pyrrole nitrogens is 1. The van der Waals surface area contributed by atoms with Crippen molar-refractivity contribution in [2.24, 2.45) is 5.92 Å². The van der Waals surface area contributed by atoms with Gasteiger partial charge in [0.2, 0.25) is 0 Å². The molecule has 0 atom stereocenters. The van der Waals surface area contributed by atoms with Gasteiger partial charge in [-0.2, -0.15) is 5.10 Å². The van der Waals surface area contributed by atoms with Crippen LogP contribution in [0.15, 0.2) is 61.2 Å². The summed E-state index contributed by atoms with van der Waals surface area (Å²) in [5, 5.41) is 7.94. The van der Waals surface area contributed by atoms with Gasteiger partial charge in [0.25, 0.3) is 5.91 Å². The number of aromatic nitrogens is 4. The van der Waals surface area contributed by atoms with Crippen LogP contribution in [0, 0.1) is 11.7 Å². The molecule has 0 bridgehead atoms. The van der Waals surface area contributed by atoms with E-state index < -0.39 is 0 Å². The van der Waals surface area contributed by atoms with Crippen molar-refractivity contribution in [1.29, 1.82) is 0 Å². The lowest BCUT2D eigenvalue weighted by Gasteiger charge is -2.32. The van der Waals surface area contributed by atoms with Gasteiger partial charge in [-0.3, -0.25) is 9.89 Å². The zero-order valence-electron chi connectivity index (χ0n) is 16.5. The number of rotatable bonds is 4. The van der Waals surface area contributed by atoms with Gasteiger partial charge < -0.3 is 9.47 Å². The van der Waals surface area contributed by atoms with Gasteiger partial charge in [0.15, 0.2) is 0 Å². The largest absolute Gasteiger partial charge is 0.339 e. The van der Waals surface area contributed by atoms with Crippen LogP contribution in [0.3, 0.4) is 0 Å². The van der Waals surface area contributed by atoms with E-state index in [-0.39, 0.29) is 11.7 Å². The SMILES string of the molecule is O=C(c1ccc(F)cc1)N1CCC(Cn2ccc3cc(-c4cn[nH]c4)cnc32)CC1. The van der Waals surface area contributed by atoms with Gasteiger partial charge in [0, 0.05) is 60.3 Å². The fourth-order valence-corrected chi connectivity index (χ4v) is 4.16. The summed E-state index contributed by atoms with van der Waals surface area (Å²) in [6, 6.07) is 10.0. The van der Waals surface area contributed by atoms with E-state index in [4.69, 9.17) is 0 Å². The fourth-order valence-electron chi connectivity index (χ4n) is 4.16. The minimum absolute atomic E-state index is 0.0201. The first kappa shape index (κ1) is 18.5. The average molecular weight is 403 g/mol. The summed E-state index contributed by atoms with van der Waals surface area (Å²) in [5.41, 5.74) is 3.59. The molecule has 0 spiro atoms. The molecule has 0 unspecified atom stereocenters. The predicted molar refractivity (Wildman–Crippen MR) is 112 cm³/mol. The molecular formula is C23H22FN5O. The van der Waals surface area contributed by atoms with Gasteiger partial charge in [-0.15, -0.1) is 0 Å². The molecule has 1 aliphatic heterocycles. The second-order valence-electron chi connectivity index (χ2n) is 7.83. The molecule has 6 nitrogen and oxygen atoms in total. The second-order valence-corrected chi connectivity index (χ2v) is 7.83. The van der Waals surface area contributed by atoms with Crippen molar-refractivity contribution in [3.05, 3.63) is 72.6 Å². The van der Waals surface area contributed by atoms with Crippen LogP contribution in [0.2, 0.25) is 0 Å². The first-order chi connectivity index (χ1) is 14.7. The molecule has 3 aromatic heterocycles. The number of hydrogen-bond acceptors (Lipinski definition) is 3. The maximum atomic E-state index is 13.1. The summed E-state index contributed by atoms with van der Waals surface area (Å²) in [7, 11) is 0. The molecule has 0 saturated carbocycles. The molecule has 4 aromatic rings. The zero-order valence-corrected chi connectivity index (χ0v) is 16.5. The molecule has 1 aromatic carbocycles. The molecule has 1 N–H and O–H groups in total. The van der Waals surface area contributed by atoms with E-state index in [9.17, 15) is 9.18 Å². The molecule has 1 amide bonds. The zero-order chi connectivity index (χ0) is 20.5. The van der Waals surface area contributed by atoms with E-state index in [2.05, 4.69) is 38.1 Å². The van der Waals surface area contributed by atoms with Crippen molar-refractivity contribution < 1.29 is 9.18 Å². The lowest BCUT2D eigenvalue weighted by atomic mass is 9.96. The number of halogens is 1. The highest BCUT2D eigenvalue weighted by Crippen LogP contribution is 2.25. The van der Waals surface area contributed by atoms with Crippen LogP contribution in [0.1, 0.15) is 23.2 Å². The first-order valence-electron chi connectivity index (χ1n) is 10.2. The number of likely N-dealkylation sites (tertiary alicyclic amines) is 1. The number of carbonyl (C=O) groups is 1. The Hall–Kier alpha value is -3.48. The van der Waals surface area contributed by atoms with Gasteiger partial charge in [-0.05, 0) is 55.2 Å². The molecular weight excluding hydrogens is 381 g/mol. The van der Waals surface area contributed by atoms with Crippen LogP contribution in [0.25, 0.3) is 22.2 Å². The smallest absolute Gasteiger partial charge is 0.253 e. The van der Waals surface area contributed by atoms with Gasteiger partial charge >= 0.3 is 0 Å². The van der Waals surface area contributed by atoms with Gasteiger partial charge in [-0.25, -0.2) is 9.37 Å². The van der Waals surface area contributed by atoms with Crippen LogP contribution >= 0.6 is 0 Å². The molecule has 0 aliphatic carbocycles. The Morgan fingerprint density at radius 1 is 1.10 bits per heavy atom. The minimum atomic E-state index is -0.324. The topological polar surface area (TPSA) is 66.8 Å². The number of fused-ring (bicyclic) bond motifs is 1. The number of benzene rings is 1. The molecule has 1 saturated heterocycles. The standard InChI is InChI=1S/C23H22FN5O/c24-21-3-1-17(2-4-21)23(30)28-8-5-16(6-9-28)15-29-10-7-18-11-19(12-25-22(18)29)20-13-26-27-14-20/h1-4,7,10-14,16H,5-6,8-9,15H2,(H,26,27). The van der Waals surface area contributed by atoms with Gasteiger partial charge in [0.05, 0.1) is 6.20 Å². The number of nitrogens with one attached hydrogen (secondary N) is 1. The van der Waals surface area contributed by atoms with Crippen molar-refractivity contribution in [1.82, 2.24) is 24.6 Å². The number of nitrogens with zero attached hydrogens (tertiary/aromatic N) is 4. The molecule has 30 heavy (non-hydrogen) atoms. The Bertz CT molecular complexity index is 1160. The summed E-state index contributed by atoms with van der Waals surface area (Å²) < 4.78 is 15.3. The van der Waals surface area contributed by atoms with Crippen molar-refractivity contribution in [3.8, 4) is 11.1 Å². The fraction of sp³-hybridized carbons (Fsp3) is 0.261. The third-order valence-electron chi connectivity index (χ3n) is 5.88. The second kappa shape index (κ2) is 7.74. The molecule has 152 valence electrons. The van der Waals surface area contributed by atoms with Gasteiger partial charge in [-0.1, -0.05) is 0 Å². The molecule has 5 rings (SSSR count). The van der Waals surface area contributed by atoms with Crippen LogP contribution in [-0.2, 0) is 6.54 Å². The van der Waals surface area contributed by atoms with E-state index in [0.717, 1.165) is 54.6 Å². The van der Waals surface area contributed by atoms with Gasteiger partial charge in [0.1, 0.15) is 11.5 Å². The lowest BCUT2D eigenvalue weighted by molar-refractivity contribution is 0.0683. The molecule has 7 heteroatoms. The molecule has 1 aliphatic rings. The summed E-state index contributed by atoms with van der Waals surface area (Å²) in [6.07, 6.45) is 9.52. The van der Waals surface area contributed by atoms with Crippen molar-refractivity contribution >= 4 is 16.9 Å². The Morgan fingerprint density at radius 3 is 2.63 bits per heavy atom. The third kappa shape index (κ3) is 3.58. The number of hydrogen-bond donors (Lipinski definition) is 1. The number of amides is 1. The van der Waals surface area contributed by atoms with Crippen molar-refractivity contribution in [3.63, 3.8) is 0 Å². The molecule has 1 fully saturated rings. The first-order valence-corrected chi connectivity index (χ1v) is 10.2. The predicted octanol–water partition coefficient (Wildman–Crippen LogP) is 4.12. The highest BCUT2D eigenvalue weighted by Gasteiger charge is 2.24. The highest BCUT2D eigenvalue weighted by molar-refractivity contribution is 5.94. The molecule has 4 heterocycles. The Balaban J connectivity index is 1.24. The Morgan fingerprint density at radius 2 is 1.90 bits per heavy atom. The highest BCUT2D eigenvalue weighted by atomic mass is 19.1. The van der Waals surface area contributed by atoms with E-state index >= 15 is 0 Å². The van der Waals surface area contributed by atoms with Crippen molar-refractivity contribution in [2.75, 3.05) is 13.1 Å². The number of piperidine rings is 1. The van der Waals surface area contributed by atoms with E-state index in [1.807, 2.05) is 17.3 Å². The number of aromatic amines is 1.